The fourth-order valence-electron chi connectivity index (χ4n) is 2.59. The van der Waals surface area contributed by atoms with Gasteiger partial charge in [0, 0.05) is 31.3 Å². The minimum atomic E-state index is -0.0901. The molecule has 0 spiro atoms. The van der Waals surface area contributed by atoms with Crippen LogP contribution in [-0.4, -0.2) is 30.3 Å². The summed E-state index contributed by atoms with van der Waals surface area (Å²) in [6.07, 6.45) is 3.23. The normalized spacial score (nSPS) is 10.3. The van der Waals surface area contributed by atoms with Crippen LogP contribution in [-0.2, 0) is 6.54 Å². The summed E-state index contributed by atoms with van der Waals surface area (Å²) in [5, 5.41) is 2.90. The standard InChI is InChI=1S/C21H26N2O2/c1-3-4-8-15-22-20(24)18-11-13-19(14-12-18)21(25)23(2)16-17-9-6-5-7-10-17/h5-7,9-14H,3-4,8,15-16H2,1-2H3,(H,22,24). The largest absolute Gasteiger partial charge is 0.352 e. The van der Waals surface area contributed by atoms with Gasteiger partial charge in [0.1, 0.15) is 0 Å². The average Bonchev–Trinajstić information content (AvgIpc) is 2.65. The zero-order chi connectivity index (χ0) is 18.1. The van der Waals surface area contributed by atoms with Crippen LogP contribution in [0.25, 0.3) is 0 Å². The molecule has 0 heterocycles. The zero-order valence-electron chi connectivity index (χ0n) is 15.0. The molecule has 2 aromatic carbocycles. The van der Waals surface area contributed by atoms with Gasteiger partial charge in [0.2, 0.25) is 0 Å². The van der Waals surface area contributed by atoms with E-state index in [2.05, 4.69) is 12.2 Å². The molecule has 4 nitrogen and oxygen atoms in total. The second kappa shape index (κ2) is 9.62. The summed E-state index contributed by atoms with van der Waals surface area (Å²) in [7, 11) is 1.78. The maximum atomic E-state index is 12.5. The minimum absolute atomic E-state index is 0.0567. The lowest BCUT2D eigenvalue weighted by molar-refractivity contribution is 0.0784. The van der Waals surface area contributed by atoms with Crippen molar-refractivity contribution in [3.05, 3.63) is 71.3 Å². The Hall–Kier alpha value is -2.62. The molecule has 2 amide bonds. The molecule has 0 aromatic heterocycles. The summed E-state index contributed by atoms with van der Waals surface area (Å²) in [6.45, 7) is 3.37. The Kier molecular flexibility index (Phi) is 7.20. The highest BCUT2D eigenvalue weighted by atomic mass is 16.2. The van der Waals surface area contributed by atoms with Crippen LogP contribution < -0.4 is 5.32 Å². The molecule has 25 heavy (non-hydrogen) atoms. The molecule has 0 aliphatic rings. The van der Waals surface area contributed by atoms with Gasteiger partial charge >= 0.3 is 0 Å². The Balaban J connectivity index is 1.92. The van der Waals surface area contributed by atoms with Gasteiger partial charge in [-0.3, -0.25) is 9.59 Å². The van der Waals surface area contributed by atoms with Gasteiger partial charge < -0.3 is 10.2 Å². The number of hydrogen-bond donors (Lipinski definition) is 1. The molecule has 2 rings (SSSR count). The highest BCUT2D eigenvalue weighted by molar-refractivity contribution is 5.97. The Labute approximate surface area is 149 Å². The summed E-state index contributed by atoms with van der Waals surface area (Å²) in [5.74, 6) is -0.147. The predicted octanol–water partition coefficient (Wildman–Crippen LogP) is 3.88. The van der Waals surface area contributed by atoms with Crippen LogP contribution in [0.5, 0.6) is 0 Å². The van der Waals surface area contributed by atoms with Crippen molar-refractivity contribution in [1.82, 2.24) is 10.2 Å². The molecule has 0 radical (unpaired) electrons. The van der Waals surface area contributed by atoms with Crippen LogP contribution in [0.1, 0.15) is 52.5 Å². The number of nitrogens with one attached hydrogen (secondary N) is 1. The minimum Gasteiger partial charge on any atom is -0.352 e. The van der Waals surface area contributed by atoms with Crippen LogP contribution in [0.4, 0.5) is 0 Å². The lowest BCUT2D eigenvalue weighted by atomic mass is 10.1. The number of nitrogens with zero attached hydrogens (tertiary/aromatic N) is 1. The van der Waals surface area contributed by atoms with Crippen LogP contribution >= 0.6 is 0 Å². The van der Waals surface area contributed by atoms with E-state index >= 15 is 0 Å². The first-order chi connectivity index (χ1) is 12.1. The van der Waals surface area contributed by atoms with Gasteiger partial charge in [-0.2, -0.15) is 0 Å². The summed E-state index contributed by atoms with van der Waals surface area (Å²) in [4.78, 5) is 26.2. The first kappa shape index (κ1) is 18.7. The maximum absolute atomic E-state index is 12.5. The molecule has 0 fully saturated rings. The highest BCUT2D eigenvalue weighted by Gasteiger charge is 2.13. The van der Waals surface area contributed by atoms with Crippen molar-refractivity contribution >= 4 is 11.8 Å². The van der Waals surface area contributed by atoms with Crippen LogP contribution in [0.3, 0.4) is 0 Å². The van der Waals surface area contributed by atoms with Crippen molar-refractivity contribution in [2.75, 3.05) is 13.6 Å². The van der Waals surface area contributed by atoms with Crippen LogP contribution in [0.15, 0.2) is 54.6 Å². The van der Waals surface area contributed by atoms with Gasteiger partial charge in [0.05, 0.1) is 0 Å². The highest BCUT2D eigenvalue weighted by Crippen LogP contribution is 2.10. The van der Waals surface area contributed by atoms with Gasteiger partial charge in [-0.1, -0.05) is 50.1 Å². The van der Waals surface area contributed by atoms with Gasteiger partial charge in [-0.15, -0.1) is 0 Å². The van der Waals surface area contributed by atoms with E-state index in [4.69, 9.17) is 0 Å². The maximum Gasteiger partial charge on any atom is 0.253 e. The topological polar surface area (TPSA) is 49.4 Å². The molecule has 2 aromatic rings. The molecule has 132 valence electrons. The molecule has 0 aliphatic heterocycles. The van der Waals surface area contributed by atoms with E-state index in [1.807, 2.05) is 30.3 Å². The molecular weight excluding hydrogens is 312 g/mol. The Morgan fingerprint density at radius 1 is 0.920 bits per heavy atom. The fraction of sp³-hybridized carbons (Fsp3) is 0.333. The fourth-order valence-corrected chi connectivity index (χ4v) is 2.59. The lowest BCUT2D eigenvalue weighted by Crippen LogP contribution is -2.27. The lowest BCUT2D eigenvalue weighted by Gasteiger charge is -2.17. The second-order valence-electron chi connectivity index (χ2n) is 6.19. The Morgan fingerprint density at radius 3 is 2.20 bits per heavy atom. The first-order valence-corrected chi connectivity index (χ1v) is 8.79. The van der Waals surface area contributed by atoms with E-state index in [1.54, 1.807) is 36.2 Å². The summed E-state index contributed by atoms with van der Waals surface area (Å²) in [5.41, 5.74) is 2.25. The summed E-state index contributed by atoms with van der Waals surface area (Å²) < 4.78 is 0. The Morgan fingerprint density at radius 2 is 1.56 bits per heavy atom. The average molecular weight is 338 g/mol. The number of unbranched alkanes of at least 4 members (excludes halogenated alkanes) is 2. The van der Waals surface area contributed by atoms with Crippen molar-refractivity contribution in [3.63, 3.8) is 0 Å². The molecule has 0 saturated heterocycles. The third-order valence-corrected chi connectivity index (χ3v) is 4.07. The zero-order valence-corrected chi connectivity index (χ0v) is 15.0. The number of hydrogen-bond acceptors (Lipinski definition) is 2. The summed E-state index contributed by atoms with van der Waals surface area (Å²) in [6, 6.07) is 16.7. The quantitative estimate of drug-likeness (QED) is 0.743. The molecule has 0 bridgehead atoms. The number of amides is 2. The molecule has 4 heteroatoms. The number of benzene rings is 2. The van der Waals surface area contributed by atoms with Crippen molar-refractivity contribution in [3.8, 4) is 0 Å². The van der Waals surface area contributed by atoms with E-state index in [0.29, 0.717) is 24.2 Å². The smallest absolute Gasteiger partial charge is 0.253 e. The molecular formula is C21H26N2O2. The number of carbonyl (C=O) groups is 2. The van der Waals surface area contributed by atoms with Crippen molar-refractivity contribution < 1.29 is 9.59 Å². The van der Waals surface area contributed by atoms with Crippen LogP contribution in [0.2, 0.25) is 0 Å². The van der Waals surface area contributed by atoms with Gasteiger partial charge in [0.25, 0.3) is 11.8 Å². The van der Waals surface area contributed by atoms with E-state index in [0.717, 1.165) is 24.8 Å². The van der Waals surface area contributed by atoms with E-state index in [-0.39, 0.29) is 11.8 Å². The first-order valence-electron chi connectivity index (χ1n) is 8.79. The van der Waals surface area contributed by atoms with Gasteiger partial charge in [-0.05, 0) is 36.2 Å². The third kappa shape index (κ3) is 5.75. The SMILES string of the molecule is CCCCCNC(=O)c1ccc(C(=O)N(C)Cc2ccccc2)cc1. The Bertz CT molecular complexity index is 681. The molecule has 0 saturated carbocycles. The molecule has 0 atom stereocenters. The van der Waals surface area contributed by atoms with Gasteiger partial charge in [0.15, 0.2) is 0 Å². The molecule has 0 unspecified atom stereocenters. The predicted molar refractivity (Wildman–Crippen MR) is 101 cm³/mol. The van der Waals surface area contributed by atoms with E-state index in [9.17, 15) is 9.59 Å². The number of rotatable bonds is 8. The monoisotopic (exact) mass is 338 g/mol. The van der Waals surface area contributed by atoms with E-state index in [1.165, 1.54) is 0 Å². The van der Waals surface area contributed by atoms with Crippen LogP contribution in [0, 0.1) is 0 Å². The van der Waals surface area contributed by atoms with Crippen molar-refractivity contribution in [1.29, 1.82) is 0 Å². The molecule has 1 N–H and O–H groups in total. The molecule has 0 aliphatic carbocycles. The summed E-state index contributed by atoms with van der Waals surface area (Å²) >= 11 is 0. The second-order valence-corrected chi connectivity index (χ2v) is 6.19. The van der Waals surface area contributed by atoms with Crippen molar-refractivity contribution in [2.24, 2.45) is 0 Å². The van der Waals surface area contributed by atoms with Gasteiger partial charge in [-0.25, -0.2) is 0 Å². The van der Waals surface area contributed by atoms with Crippen molar-refractivity contribution in [2.45, 2.75) is 32.7 Å². The third-order valence-electron chi connectivity index (χ3n) is 4.07. The van der Waals surface area contributed by atoms with E-state index < -0.39 is 0 Å². The number of carbonyl (C=O) groups excluding carboxylic acids is 2.